The van der Waals surface area contributed by atoms with Crippen LogP contribution in [0.3, 0.4) is 0 Å². The molecule has 0 unspecified atom stereocenters. The van der Waals surface area contributed by atoms with Crippen molar-refractivity contribution in [3.05, 3.63) is 34.6 Å². The van der Waals surface area contributed by atoms with Gasteiger partial charge in [-0.1, -0.05) is 17.7 Å². The van der Waals surface area contributed by atoms with Crippen molar-refractivity contribution < 1.29 is 13.9 Å². The van der Waals surface area contributed by atoms with E-state index in [0.717, 1.165) is 19.4 Å². The molecule has 0 aromatic heterocycles. The van der Waals surface area contributed by atoms with Gasteiger partial charge in [-0.25, -0.2) is 9.18 Å². The molecule has 1 heterocycles. The lowest BCUT2D eigenvalue weighted by Gasteiger charge is -2.32. The molecule has 8 heteroatoms. The van der Waals surface area contributed by atoms with Crippen LogP contribution >= 0.6 is 11.6 Å². The molecule has 1 saturated heterocycles. The normalized spacial score (nSPS) is 15.6. The van der Waals surface area contributed by atoms with Gasteiger partial charge < -0.3 is 20.3 Å². The summed E-state index contributed by atoms with van der Waals surface area (Å²) in [7, 11) is 0. The monoisotopic (exact) mass is 398 g/mol. The third-order valence-corrected chi connectivity index (χ3v) is 4.75. The molecule has 2 rings (SSSR count). The van der Waals surface area contributed by atoms with Crippen molar-refractivity contribution >= 4 is 23.7 Å². The lowest BCUT2D eigenvalue weighted by Crippen LogP contribution is -2.50. The largest absolute Gasteiger partial charge is 0.450 e. The van der Waals surface area contributed by atoms with Crippen LogP contribution in [-0.2, 0) is 11.2 Å². The molecule has 150 valence electrons. The summed E-state index contributed by atoms with van der Waals surface area (Å²) < 4.78 is 18.9. The van der Waals surface area contributed by atoms with Crippen LogP contribution in [-0.4, -0.2) is 55.8 Å². The van der Waals surface area contributed by atoms with Crippen molar-refractivity contribution in [3.8, 4) is 0 Å². The number of nitrogens with one attached hydrogen (secondary N) is 2. The molecular formula is C19H28ClFN4O2. The van der Waals surface area contributed by atoms with Gasteiger partial charge in [0.05, 0.1) is 6.61 Å². The van der Waals surface area contributed by atoms with Gasteiger partial charge in [0.2, 0.25) is 0 Å². The zero-order valence-electron chi connectivity index (χ0n) is 15.9. The molecule has 1 fully saturated rings. The maximum Gasteiger partial charge on any atom is 0.409 e. The second-order valence-corrected chi connectivity index (χ2v) is 6.72. The summed E-state index contributed by atoms with van der Waals surface area (Å²) in [6.07, 6.45) is 1.83. The molecule has 0 radical (unpaired) electrons. The topological polar surface area (TPSA) is 66.0 Å². The molecule has 1 amide bonds. The fraction of sp³-hybridized carbons (Fsp3) is 0.579. The van der Waals surface area contributed by atoms with Crippen LogP contribution in [0.2, 0.25) is 5.02 Å². The van der Waals surface area contributed by atoms with Gasteiger partial charge in [-0.15, -0.1) is 0 Å². The third-order valence-electron chi connectivity index (χ3n) is 4.40. The molecule has 0 spiro atoms. The Morgan fingerprint density at radius 3 is 2.74 bits per heavy atom. The van der Waals surface area contributed by atoms with Crippen molar-refractivity contribution in [1.29, 1.82) is 0 Å². The summed E-state index contributed by atoms with van der Waals surface area (Å²) in [5.41, 5.74) is 0.488. The first-order valence-electron chi connectivity index (χ1n) is 9.44. The second-order valence-electron chi connectivity index (χ2n) is 6.32. The Balaban J connectivity index is 1.86. The van der Waals surface area contributed by atoms with E-state index in [2.05, 4.69) is 15.6 Å². The second kappa shape index (κ2) is 11.0. The summed E-state index contributed by atoms with van der Waals surface area (Å²) in [5.74, 6) is 0.390. The van der Waals surface area contributed by atoms with Crippen LogP contribution in [0.15, 0.2) is 23.2 Å². The number of nitrogens with zero attached hydrogens (tertiary/aromatic N) is 2. The number of aliphatic imine (C=N–C) groups is 1. The predicted octanol–water partition coefficient (Wildman–Crippen LogP) is 3.20. The number of halogens is 2. The molecule has 0 aliphatic carbocycles. The van der Waals surface area contributed by atoms with E-state index in [4.69, 9.17) is 16.3 Å². The van der Waals surface area contributed by atoms with Crippen LogP contribution in [0.5, 0.6) is 0 Å². The van der Waals surface area contributed by atoms with E-state index in [1.54, 1.807) is 24.0 Å². The van der Waals surface area contributed by atoms with Gasteiger partial charge >= 0.3 is 6.09 Å². The first-order valence-corrected chi connectivity index (χ1v) is 9.82. The maximum atomic E-state index is 13.8. The van der Waals surface area contributed by atoms with Crippen LogP contribution in [0.4, 0.5) is 9.18 Å². The average Bonchev–Trinajstić information content (AvgIpc) is 2.65. The fourth-order valence-electron chi connectivity index (χ4n) is 2.99. The molecule has 2 N–H and O–H groups in total. The van der Waals surface area contributed by atoms with Crippen molar-refractivity contribution in [2.24, 2.45) is 4.99 Å². The van der Waals surface area contributed by atoms with Gasteiger partial charge in [0.25, 0.3) is 0 Å². The van der Waals surface area contributed by atoms with Crippen molar-refractivity contribution in [2.45, 2.75) is 39.2 Å². The quantitative estimate of drug-likeness (QED) is 0.570. The van der Waals surface area contributed by atoms with E-state index >= 15 is 0 Å². The Hall–Kier alpha value is -2.02. The molecule has 6 nitrogen and oxygen atoms in total. The summed E-state index contributed by atoms with van der Waals surface area (Å²) in [5, 5.41) is 7.03. The van der Waals surface area contributed by atoms with E-state index in [1.807, 2.05) is 6.92 Å². The predicted molar refractivity (Wildman–Crippen MR) is 106 cm³/mol. The number of rotatable bonds is 6. The van der Waals surface area contributed by atoms with Crippen LogP contribution < -0.4 is 10.6 Å². The molecule has 27 heavy (non-hydrogen) atoms. The Kier molecular flexibility index (Phi) is 8.64. The number of hydrogen-bond donors (Lipinski definition) is 2. The van der Waals surface area contributed by atoms with Crippen LogP contribution in [0.25, 0.3) is 0 Å². The molecule has 1 aliphatic heterocycles. The minimum absolute atomic E-state index is 0.227. The van der Waals surface area contributed by atoms with E-state index in [1.165, 1.54) is 6.07 Å². The summed E-state index contributed by atoms with van der Waals surface area (Å²) >= 11 is 6.06. The SMILES string of the molecule is CCNC(=NCCc1c(F)cccc1Cl)NC1CCN(C(=O)OCC)CC1. The summed E-state index contributed by atoms with van der Waals surface area (Å²) in [6.45, 7) is 6.65. The number of ether oxygens (including phenoxy) is 1. The highest BCUT2D eigenvalue weighted by Crippen LogP contribution is 2.19. The van der Waals surface area contributed by atoms with Crippen molar-refractivity contribution in [3.63, 3.8) is 0 Å². The molecule has 0 saturated carbocycles. The van der Waals surface area contributed by atoms with Gasteiger partial charge in [0.1, 0.15) is 5.82 Å². The van der Waals surface area contributed by atoms with E-state index in [0.29, 0.717) is 49.2 Å². The number of guanidine groups is 1. The molecule has 1 aliphatic rings. The van der Waals surface area contributed by atoms with Gasteiger partial charge in [0, 0.05) is 42.8 Å². The minimum atomic E-state index is -0.304. The van der Waals surface area contributed by atoms with Crippen molar-refractivity contribution in [1.82, 2.24) is 15.5 Å². The number of carbonyl (C=O) groups excluding carboxylic acids is 1. The van der Waals surface area contributed by atoms with Crippen molar-refractivity contribution in [2.75, 3.05) is 32.8 Å². The number of benzene rings is 1. The minimum Gasteiger partial charge on any atom is -0.450 e. The number of piperidine rings is 1. The van der Waals surface area contributed by atoms with E-state index in [-0.39, 0.29) is 18.0 Å². The Labute approximate surface area is 165 Å². The van der Waals surface area contributed by atoms with Crippen LogP contribution in [0.1, 0.15) is 32.3 Å². The standard InChI is InChI=1S/C19H28ClFN4O2/c1-3-22-18(23-11-8-15-16(20)6-5-7-17(15)21)24-14-9-12-25(13-10-14)19(26)27-4-2/h5-7,14H,3-4,8-13H2,1-2H3,(H2,22,23,24). The Morgan fingerprint density at radius 2 is 2.11 bits per heavy atom. The summed E-state index contributed by atoms with van der Waals surface area (Å²) in [6, 6.07) is 4.92. The fourth-order valence-corrected chi connectivity index (χ4v) is 3.24. The van der Waals surface area contributed by atoms with E-state index < -0.39 is 0 Å². The highest BCUT2D eigenvalue weighted by Gasteiger charge is 2.24. The zero-order chi connectivity index (χ0) is 19.6. The molecule has 0 bridgehead atoms. The maximum absolute atomic E-state index is 13.8. The Bertz CT molecular complexity index is 628. The lowest BCUT2D eigenvalue weighted by atomic mass is 10.1. The first-order chi connectivity index (χ1) is 13.0. The number of carbonyl (C=O) groups is 1. The van der Waals surface area contributed by atoms with Gasteiger partial charge in [0.15, 0.2) is 5.96 Å². The van der Waals surface area contributed by atoms with Crippen LogP contribution in [0, 0.1) is 5.82 Å². The number of amides is 1. The first kappa shape index (κ1) is 21.3. The van der Waals surface area contributed by atoms with Gasteiger partial charge in [-0.05, 0) is 45.2 Å². The zero-order valence-corrected chi connectivity index (χ0v) is 16.7. The highest BCUT2D eigenvalue weighted by molar-refractivity contribution is 6.31. The molecule has 1 aromatic carbocycles. The summed E-state index contributed by atoms with van der Waals surface area (Å²) in [4.78, 5) is 18.0. The number of hydrogen-bond acceptors (Lipinski definition) is 3. The molecular weight excluding hydrogens is 371 g/mol. The van der Waals surface area contributed by atoms with E-state index in [9.17, 15) is 9.18 Å². The average molecular weight is 399 g/mol. The van der Waals surface area contributed by atoms with Gasteiger partial charge in [-0.2, -0.15) is 0 Å². The molecule has 0 atom stereocenters. The van der Waals surface area contributed by atoms with Gasteiger partial charge in [-0.3, -0.25) is 4.99 Å². The Morgan fingerprint density at radius 1 is 1.37 bits per heavy atom. The third kappa shape index (κ3) is 6.57. The highest BCUT2D eigenvalue weighted by atomic mass is 35.5. The smallest absolute Gasteiger partial charge is 0.409 e. The number of likely N-dealkylation sites (tertiary alicyclic amines) is 1. The molecule has 1 aromatic rings. The lowest BCUT2D eigenvalue weighted by molar-refractivity contribution is 0.0963.